The topological polar surface area (TPSA) is 123 Å². The average molecular weight is 407 g/mol. The Bertz CT molecular complexity index is 907. The van der Waals surface area contributed by atoms with Gasteiger partial charge in [-0.25, -0.2) is 14.0 Å². The summed E-state index contributed by atoms with van der Waals surface area (Å²) in [4.78, 5) is 27.4. The number of hydrogen-bond donors (Lipinski definition) is 3. The predicted octanol–water partition coefficient (Wildman–Crippen LogP) is 1.20. The standard InChI is InChI=1S/C19H22FN3O6/c1-11-14(24)15(25)17(29-11)23-10-13(20)16(21-18(23)26)22-19(27)28-9-5-8-12-6-3-2-4-7-12/h2-4,6-7,10-11,14-15,17,24-25H,5,8-9H2,1H3,(H,21,22,26,27)/t11-,14?,15?,17-/m1/s1. The molecule has 0 saturated carbocycles. The van der Waals surface area contributed by atoms with Crippen molar-refractivity contribution in [3.05, 3.63) is 58.4 Å². The molecule has 3 N–H and O–H groups in total. The second kappa shape index (κ2) is 9.12. The van der Waals surface area contributed by atoms with Crippen molar-refractivity contribution in [1.29, 1.82) is 0 Å². The summed E-state index contributed by atoms with van der Waals surface area (Å²) in [6.45, 7) is 1.61. The van der Waals surface area contributed by atoms with Crippen molar-refractivity contribution < 1.29 is 28.9 Å². The fraction of sp³-hybridized carbons (Fsp3) is 0.421. The van der Waals surface area contributed by atoms with Crippen LogP contribution in [0.2, 0.25) is 0 Å². The van der Waals surface area contributed by atoms with E-state index >= 15 is 0 Å². The Hall–Kier alpha value is -2.82. The zero-order chi connectivity index (χ0) is 21.0. The van der Waals surface area contributed by atoms with Crippen LogP contribution in [0.15, 0.2) is 41.3 Å². The number of aliphatic hydroxyl groups is 2. The van der Waals surface area contributed by atoms with E-state index in [1.54, 1.807) is 0 Å². The highest BCUT2D eigenvalue weighted by molar-refractivity contribution is 5.83. The monoisotopic (exact) mass is 407 g/mol. The van der Waals surface area contributed by atoms with Crippen molar-refractivity contribution in [2.24, 2.45) is 0 Å². The zero-order valence-corrected chi connectivity index (χ0v) is 15.7. The van der Waals surface area contributed by atoms with Crippen LogP contribution < -0.4 is 11.0 Å². The summed E-state index contributed by atoms with van der Waals surface area (Å²) in [5.74, 6) is -1.61. The lowest BCUT2D eigenvalue weighted by Gasteiger charge is -2.17. The number of rotatable bonds is 6. The Morgan fingerprint density at radius 3 is 2.69 bits per heavy atom. The smallest absolute Gasteiger partial charge is 0.412 e. The van der Waals surface area contributed by atoms with Crippen molar-refractivity contribution in [3.63, 3.8) is 0 Å². The van der Waals surface area contributed by atoms with E-state index in [9.17, 15) is 24.2 Å². The SMILES string of the molecule is C[C@H]1O[C@@H](n2cc(F)c(NC(=O)OCCCc3ccccc3)nc2=O)C(O)C1O. The van der Waals surface area contributed by atoms with Gasteiger partial charge >= 0.3 is 11.8 Å². The largest absolute Gasteiger partial charge is 0.449 e. The fourth-order valence-corrected chi connectivity index (χ4v) is 2.99. The van der Waals surface area contributed by atoms with Gasteiger partial charge < -0.3 is 19.7 Å². The average Bonchev–Trinajstić information content (AvgIpc) is 2.96. The highest BCUT2D eigenvalue weighted by Gasteiger charge is 2.42. The molecular weight excluding hydrogens is 385 g/mol. The van der Waals surface area contributed by atoms with Gasteiger partial charge in [0.15, 0.2) is 17.9 Å². The molecule has 0 radical (unpaired) electrons. The van der Waals surface area contributed by atoms with Gasteiger partial charge in [-0.2, -0.15) is 4.98 Å². The second-order valence-corrected chi connectivity index (χ2v) is 6.69. The first-order valence-electron chi connectivity index (χ1n) is 9.15. The maximum Gasteiger partial charge on any atom is 0.412 e. The van der Waals surface area contributed by atoms with Crippen LogP contribution in [0.3, 0.4) is 0 Å². The molecule has 1 aromatic carbocycles. The number of amides is 1. The molecule has 10 heteroatoms. The molecule has 9 nitrogen and oxygen atoms in total. The molecular formula is C19H22FN3O6. The maximum absolute atomic E-state index is 14.3. The summed E-state index contributed by atoms with van der Waals surface area (Å²) in [7, 11) is 0. The van der Waals surface area contributed by atoms with E-state index in [4.69, 9.17) is 9.47 Å². The van der Waals surface area contributed by atoms with Gasteiger partial charge in [0.2, 0.25) is 0 Å². The Labute approximate surface area is 165 Å². The van der Waals surface area contributed by atoms with Crippen molar-refractivity contribution in [3.8, 4) is 0 Å². The third kappa shape index (κ3) is 4.97. The third-order valence-electron chi connectivity index (χ3n) is 4.56. The number of carbonyl (C=O) groups is 1. The highest BCUT2D eigenvalue weighted by Crippen LogP contribution is 2.28. The van der Waals surface area contributed by atoms with E-state index in [0.29, 0.717) is 12.8 Å². The lowest BCUT2D eigenvalue weighted by atomic mass is 10.1. The molecule has 1 fully saturated rings. The molecule has 2 aromatic rings. The van der Waals surface area contributed by atoms with Crippen LogP contribution in [-0.2, 0) is 15.9 Å². The van der Waals surface area contributed by atoms with Crippen LogP contribution >= 0.6 is 0 Å². The van der Waals surface area contributed by atoms with Crippen LogP contribution in [0.4, 0.5) is 15.0 Å². The van der Waals surface area contributed by atoms with Crippen LogP contribution in [0, 0.1) is 5.82 Å². The molecule has 0 bridgehead atoms. The number of benzene rings is 1. The molecule has 0 spiro atoms. The summed E-state index contributed by atoms with van der Waals surface area (Å²) in [5.41, 5.74) is 0.139. The van der Waals surface area contributed by atoms with Crippen molar-refractivity contribution >= 4 is 11.9 Å². The number of hydrogen-bond acceptors (Lipinski definition) is 7. The predicted molar refractivity (Wildman–Crippen MR) is 99.8 cm³/mol. The van der Waals surface area contributed by atoms with Gasteiger partial charge in [0.1, 0.15) is 12.2 Å². The van der Waals surface area contributed by atoms with Crippen LogP contribution in [0.1, 0.15) is 25.1 Å². The fourth-order valence-electron chi connectivity index (χ4n) is 2.99. The summed E-state index contributed by atoms with van der Waals surface area (Å²) >= 11 is 0. The minimum Gasteiger partial charge on any atom is -0.449 e. The van der Waals surface area contributed by atoms with E-state index < -0.39 is 48.0 Å². The Morgan fingerprint density at radius 1 is 1.31 bits per heavy atom. The first kappa shape index (κ1) is 20.9. The van der Waals surface area contributed by atoms with Gasteiger partial charge in [0.05, 0.1) is 18.9 Å². The number of ether oxygens (including phenoxy) is 2. The van der Waals surface area contributed by atoms with E-state index in [2.05, 4.69) is 10.3 Å². The van der Waals surface area contributed by atoms with Crippen LogP contribution in [-0.4, -0.2) is 50.8 Å². The van der Waals surface area contributed by atoms with E-state index in [1.807, 2.05) is 30.3 Å². The zero-order valence-electron chi connectivity index (χ0n) is 15.7. The maximum atomic E-state index is 14.3. The molecule has 156 valence electrons. The number of nitrogens with zero attached hydrogens (tertiary/aromatic N) is 2. The minimum absolute atomic E-state index is 0.108. The summed E-state index contributed by atoms with van der Waals surface area (Å²) in [6, 6.07) is 9.65. The lowest BCUT2D eigenvalue weighted by molar-refractivity contribution is -0.0355. The van der Waals surface area contributed by atoms with Gasteiger partial charge in [0, 0.05) is 0 Å². The van der Waals surface area contributed by atoms with E-state index in [0.717, 1.165) is 16.3 Å². The minimum atomic E-state index is -1.42. The molecule has 1 aliphatic heterocycles. The third-order valence-corrected chi connectivity index (χ3v) is 4.56. The molecule has 3 rings (SSSR count). The lowest BCUT2D eigenvalue weighted by Crippen LogP contribution is -2.36. The van der Waals surface area contributed by atoms with E-state index in [-0.39, 0.29) is 6.61 Å². The number of nitrogens with one attached hydrogen (secondary N) is 1. The molecule has 0 aliphatic carbocycles. The van der Waals surface area contributed by atoms with Gasteiger partial charge in [-0.3, -0.25) is 9.88 Å². The highest BCUT2D eigenvalue weighted by atomic mass is 19.1. The number of aliphatic hydroxyl groups excluding tert-OH is 2. The molecule has 4 atom stereocenters. The Balaban J connectivity index is 1.56. The molecule has 1 amide bonds. The number of halogens is 1. The molecule has 2 heterocycles. The van der Waals surface area contributed by atoms with Crippen LogP contribution in [0.5, 0.6) is 0 Å². The summed E-state index contributed by atoms with van der Waals surface area (Å²) in [6.07, 6.45) is -3.57. The summed E-state index contributed by atoms with van der Waals surface area (Å²) < 4.78 is 25.3. The number of aryl methyl sites for hydroxylation is 1. The molecule has 1 aromatic heterocycles. The molecule has 1 saturated heterocycles. The van der Waals surface area contributed by atoms with Gasteiger partial charge in [-0.15, -0.1) is 0 Å². The second-order valence-electron chi connectivity index (χ2n) is 6.69. The number of anilines is 1. The van der Waals surface area contributed by atoms with Crippen LogP contribution in [0.25, 0.3) is 0 Å². The molecule has 29 heavy (non-hydrogen) atoms. The van der Waals surface area contributed by atoms with Gasteiger partial charge in [-0.05, 0) is 25.3 Å². The first-order valence-corrected chi connectivity index (χ1v) is 9.15. The summed E-state index contributed by atoms with van der Waals surface area (Å²) in [5, 5.41) is 21.8. The van der Waals surface area contributed by atoms with Gasteiger partial charge in [0.25, 0.3) is 0 Å². The van der Waals surface area contributed by atoms with Crippen molar-refractivity contribution in [2.75, 3.05) is 11.9 Å². The first-order chi connectivity index (χ1) is 13.9. The molecule has 1 aliphatic rings. The number of aromatic nitrogens is 2. The molecule has 2 unspecified atom stereocenters. The van der Waals surface area contributed by atoms with E-state index in [1.165, 1.54) is 6.92 Å². The Kier molecular flexibility index (Phi) is 6.57. The van der Waals surface area contributed by atoms with Gasteiger partial charge in [-0.1, -0.05) is 30.3 Å². The van der Waals surface area contributed by atoms with Crippen molar-refractivity contribution in [2.45, 2.75) is 44.3 Å². The quantitative estimate of drug-likeness (QED) is 0.615. The Morgan fingerprint density at radius 2 is 2.03 bits per heavy atom. The van der Waals surface area contributed by atoms with Crippen molar-refractivity contribution in [1.82, 2.24) is 9.55 Å². The normalized spacial score (nSPS) is 23.7. The number of carbonyl (C=O) groups excluding carboxylic acids is 1.